The average molecular weight is 232 g/mol. The number of carbonyl (C=O) groups excluding carboxylic acids is 1. The molecule has 0 spiro atoms. The van der Waals surface area contributed by atoms with Crippen LogP contribution in [-0.4, -0.2) is 18.3 Å². The van der Waals surface area contributed by atoms with E-state index in [2.05, 4.69) is 12.2 Å². The standard InChI is InChI=1S/C12H22ClNO/c1-10-3-2-4-11(9-10)6-8-14-12(15)5-7-13/h10-11H,2-9H2,1H3,(H,14,15). The molecule has 2 unspecified atom stereocenters. The van der Waals surface area contributed by atoms with Crippen molar-refractivity contribution in [1.29, 1.82) is 0 Å². The van der Waals surface area contributed by atoms with Crippen molar-refractivity contribution in [3.05, 3.63) is 0 Å². The van der Waals surface area contributed by atoms with Gasteiger partial charge in [0.05, 0.1) is 0 Å². The topological polar surface area (TPSA) is 29.1 Å². The molecule has 88 valence electrons. The second kappa shape index (κ2) is 7.10. The quantitative estimate of drug-likeness (QED) is 0.725. The highest BCUT2D eigenvalue weighted by Crippen LogP contribution is 2.30. The summed E-state index contributed by atoms with van der Waals surface area (Å²) in [5.74, 6) is 2.22. The zero-order chi connectivity index (χ0) is 11.1. The Bertz CT molecular complexity index is 196. The summed E-state index contributed by atoms with van der Waals surface area (Å²) < 4.78 is 0. The molecule has 1 fully saturated rings. The molecule has 0 aromatic heterocycles. The smallest absolute Gasteiger partial charge is 0.221 e. The summed E-state index contributed by atoms with van der Waals surface area (Å²) in [4.78, 5) is 11.2. The first-order valence-electron chi connectivity index (χ1n) is 6.05. The van der Waals surface area contributed by atoms with E-state index in [1.54, 1.807) is 0 Å². The Morgan fingerprint density at radius 2 is 2.27 bits per heavy atom. The van der Waals surface area contributed by atoms with Crippen molar-refractivity contribution in [2.45, 2.75) is 45.4 Å². The third-order valence-electron chi connectivity index (χ3n) is 3.24. The Morgan fingerprint density at radius 1 is 1.47 bits per heavy atom. The van der Waals surface area contributed by atoms with E-state index in [1.807, 2.05) is 0 Å². The van der Waals surface area contributed by atoms with Crippen LogP contribution in [0.5, 0.6) is 0 Å². The van der Waals surface area contributed by atoms with Gasteiger partial charge in [0, 0.05) is 18.8 Å². The third kappa shape index (κ3) is 5.41. The Morgan fingerprint density at radius 3 is 2.93 bits per heavy atom. The van der Waals surface area contributed by atoms with E-state index in [1.165, 1.54) is 25.7 Å². The van der Waals surface area contributed by atoms with E-state index in [-0.39, 0.29) is 5.91 Å². The van der Waals surface area contributed by atoms with Crippen molar-refractivity contribution in [2.24, 2.45) is 11.8 Å². The van der Waals surface area contributed by atoms with E-state index < -0.39 is 0 Å². The molecule has 0 aromatic rings. The Kier molecular flexibility index (Phi) is 6.07. The number of hydrogen-bond acceptors (Lipinski definition) is 1. The SMILES string of the molecule is CC1CCCC(CCNC(=O)CCCl)C1. The van der Waals surface area contributed by atoms with E-state index in [0.29, 0.717) is 12.3 Å². The van der Waals surface area contributed by atoms with Crippen LogP contribution in [0.1, 0.15) is 45.4 Å². The Labute approximate surface area is 97.8 Å². The molecule has 15 heavy (non-hydrogen) atoms. The van der Waals surface area contributed by atoms with Crippen molar-refractivity contribution in [3.8, 4) is 0 Å². The van der Waals surface area contributed by atoms with E-state index in [4.69, 9.17) is 11.6 Å². The van der Waals surface area contributed by atoms with Crippen LogP contribution in [0.15, 0.2) is 0 Å². The molecular formula is C12H22ClNO. The van der Waals surface area contributed by atoms with Crippen LogP contribution >= 0.6 is 11.6 Å². The highest BCUT2D eigenvalue weighted by atomic mass is 35.5. The highest BCUT2D eigenvalue weighted by Gasteiger charge is 2.18. The molecule has 2 atom stereocenters. The van der Waals surface area contributed by atoms with Crippen LogP contribution in [0, 0.1) is 11.8 Å². The van der Waals surface area contributed by atoms with Gasteiger partial charge in [-0.3, -0.25) is 4.79 Å². The van der Waals surface area contributed by atoms with Crippen molar-refractivity contribution in [1.82, 2.24) is 5.32 Å². The maximum Gasteiger partial charge on any atom is 0.221 e. The molecule has 0 radical (unpaired) electrons. The highest BCUT2D eigenvalue weighted by molar-refractivity contribution is 6.18. The van der Waals surface area contributed by atoms with Crippen molar-refractivity contribution in [3.63, 3.8) is 0 Å². The average Bonchev–Trinajstić information content (AvgIpc) is 2.18. The van der Waals surface area contributed by atoms with Crippen molar-refractivity contribution >= 4 is 17.5 Å². The minimum absolute atomic E-state index is 0.0915. The Balaban J connectivity index is 2.06. The summed E-state index contributed by atoms with van der Waals surface area (Å²) >= 11 is 5.48. The van der Waals surface area contributed by atoms with Crippen LogP contribution in [0.3, 0.4) is 0 Å². The number of hydrogen-bond donors (Lipinski definition) is 1. The third-order valence-corrected chi connectivity index (χ3v) is 3.43. The molecule has 1 rings (SSSR count). The largest absolute Gasteiger partial charge is 0.356 e. The van der Waals surface area contributed by atoms with Gasteiger partial charge < -0.3 is 5.32 Å². The molecule has 1 aliphatic rings. The molecule has 1 saturated carbocycles. The second-order valence-electron chi connectivity index (χ2n) is 4.72. The van der Waals surface area contributed by atoms with Gasteiger partial charge >= 0.3 is 0 Å². The van der Waals surface area contributed by atoms with Gasteiger partial charge in [0.25, 0.3) is 0 Å². The van der Waals surface area contributed by atoms with Gasteiger partial charge in [-0.25, -0.2) is 0 Å². The van der Waals surface area contributed by atoms with Crippen molar-refractivity contribution < 1.29 is 4.79 Å². The van der Waals surface area contributed by atoms with Crippen LogP contribution in [-0.2, 0) is 4.79 Å². The van der Waals surface area contributed by atoms with Gasteiger partial charge in [-0.05, 0) is 24.7 Å². The fraction of sp³-hybridized carbons (Fsp3) is 0.917. The molecular weight excluding hydrogens is 210 g/mol. The molecule has 0 aliphatic heterocycles. The van der Waals surface area contributed by atoms with Gasteiger partial charge in [-0.1, -0.05) is 26.2 Å². The molecule has 1 amide bonds. The van der Waals surface area contributed by atoms with Gasteiger partial charge in [0.1, 0.15) is 0 Å². The van der Waals surface area contributed by atoms with E-state index >= 15 is 0 Å². The molecule has 0 saturated heterocycles. The van der Waals surface area contributed by atoms with Crippen LogP contribution in [0.25, 0.3) is 0 Å². The minimum Gasteiger partial charge on any atom is -0.356 e. The Hall–Kier alpha value is -0.240. The maximum absolute atomic E-state index is 11.2. The number of carbonyl (C=O) groups is 1. The first-order chi connectivity index (χ1) is 7.22. The first-order valence-corrected chi connectivity index (χ1v) is 6.58. The zero-order valence-corrected chi connectivity index (χ0v) is 10.4. The summed E-state index contributed by atoms with van der Waals surface area (Å²) in [5, 5.41) is 2.92. The number of amides is 1. The summed E-state index contributed by atoms with van der Waals surface area (Å²) in [6.45, 7) is 3.16. The number of alkyl halides is 1. The number of rotatable bonds is 5. The van der Waals surface area contributed by atoms with Crippen molar-refractivity contribution in [2.75, 3.05) is 12.4 Å². The van der Waals surface area contributed by atoms with Gasteiger partial charge in [0.15, 0.2) is 0 Å². The predicted octanol–water partition coefficient (Wildman–Crippen LogP) is 2.95. The number of nitrogens with one attached hydrogen (secondary N) is 1. The van der Waals surface area contributed by atoms with Gasteiger partial charge in [-0.15, -0.1) is 11.6 Å². The zero-order valence-electron chi connectivity index (χ0n) is 9.60. The van der Waals surface area contributed by atoms with Crippen LogP contribution < -0.4 is 5.32 Å². The molecule has 0 aromatic carbocycles. The monoisotopic (exact) mass is 231 g/mol. The van der Waals surface area contributed by atoms with Gasteiger partial charge in [-0.2, -0.15) is 0 Å². The summed E-state index contributed by atoms with van der Waals surface area (Å²) in [7, 11) is 0. The first kappa shape index (κ1) is 12.8. The fourth-order valence-corrected chi connectivity index (χ4v) is 2.58. The maximum atomic E-state index is 11.2. The van der Waals surface area contributed by atoms with E-state index in [0.717, 1.165) is 24.8 Å². The molecule has 1 aliphatic carbocycles. The summed E-state index contributed by atoms with van der Waals surface area (Å²) in [6.07, 6.45) is 7.01. The summed E-state index contributed by atoms with van der Waals surface area (Å²) in [5.41, 5.74) is 0. The number of halogens is 1. The second-order valence-corrected chi connectivity index (χ2v) is 5.09. The molecule has 0 bridgehead atoms. The lowest BCUT2D eigenvalue weighted by Crippen LogP contribution is -2.27. The lowest BCUT2D eigenvalue weighted by molar-refractivity contribution is -0.120. The normalized spacial score (nSPS) is 26.3. The van der Waals surface area contributed by atoms with E-state index in [9.17, 15) is 4.79 Å². The minimum atomic E-state index is 0.0915. The lowest BCUT2D eigenvalue weighted by Gasteiger charge is -2.26. The molecule has 3 heteroatoms. The van der Waals surface area contributed by atoms with Crippen LogP contribution in [0.2, 0.25) is 0 Å². The lowest BCUT2D eigenvalue weighted by atomic mass is 9.81. The fourth-order valence-electron chi connectivity index (χ4n) is 2.41. The molecule has 2 nitrogen and oxygen atoms in total. The van der Waals surface area contributed by atoms with Gasteiger partial charge in [0.2, 0.25) is 5.91 Å². The molecule has 1 N–H and O–H groups in total. The van der Waals surface area contributed by atoms with Crippen LogP contribution in [0.4, 0.5) is 0 Å². The predicted molar refractivity (Wildman–Crippen MR) is 64.1 cm³/mol. The molecule has 0 heterocycles. The summed E-state index contributed by atoms with van der Waals surface area (Å²) in [6, 6.07) is 0.